The summed E-state index contributed by atoms with van der Waals surface area (Å²) in [6.45, 7) is 0. The number of benzene rings is 1. The smallest absolute Gasteiger partial charge is 0.162 e. The molecular weight excluding hydrogens is 220 g/mol. The number of hydrogen-bond donors (Lipinski definition) is 0. The summed E-state index contributed by atoms with van der Waals surface area (Å²) >= 11 is 1.62. The fourth-order valence-electron chi connectivity index (χ4n) is 0.941. The van der Waals surface area contributed by atoms with Crippen LogP contribution in [0.25, 0.3) is 10.2 Å². The van der Waals surface area contributed by atoms with E-state index in [0.29, 0.717) is 0 Å². The lowest BCUT2D eigenvalue weighted by molar-refractivity contribution is 1.31. The molecule has 0 fully saturated rings. The van der Waals surface area contributed by atoms with Crippen molar-refractivity contribution in [3.63, 3.8) is 0 Å². The van der Waals surface area contributed by atoms with Gasteiger partial charge in [0, 0.05) is 10.8 Å². The van der Waals surface area contributed by atoms with Crippen LogP contribution in [-0.4, -0.2) is 4.98 Å². The Morgan fingerprint density at radius 3 is 3.00 bits per heavy atom. The summed E-state index contributed by atoms with van der Waals surface area (Å²) < 4.78 is 2.11. The lowest BCUT2D eigenvalue weighted by Gasteiger charge is -1.81. The highest BCUT2D eigenvalue weighted by Gasteiger charge is 2.02. The van der Waals surface area contributed by atoms with Crippen molar-refractivity contribution in [2.45, 2.75) is 4.34 Å². The molecule has 0 spiro atoms. The van der Waals surface area contributed by atoms with Crippen molar-refractivity contribution in [3.05, 3.63) is 24.3 Å². The minimum absolute atomic E-state index is 0.938. The van der Waals surface area contributed by atoms with Gasteiger partial charge in [0.05, 0.1) is 10.2 Å². The third kappa shape index (κ3) is 1.97. The molecule has 2 aromatic rings. The van der Waals surface area contributed by atoms with Crippen molar-refractivity contribution in [1.82, 2.24) is 4.98 Å². The number of thiazole rings is 1. The van der Waals surface area contributed by atoms with Gasteiger partial charge in [0.25, 0.3) is 0 Å². The van der Waals surface area contributed by atoms with Gasteiger partial charge in [-0.1, -0.05) is 12.1 Å². The molecule has 0 unspecified atom stereocenters. The van der Waals surface area contributed by atoms with E-state index in [1.54, 1.807) is 11.3 Å². The zero-order valence-electron chi connectivity index (χ0n) is 6.43. The fraction of sp³-hybridized carbons (Fsp3) is 0. The van der Waals surface area contributed by atoms with Gasteiger partial charge in [-0.05, 0) is 22.9 Å². The summed E-state index contributed by atoms with van der Waals surface area (Å²) in [5.41, 5.74) is 1.01. The topological polar surface area (TPSA) is 36.7 Å². The van der Waals surface area contributed by atoms with E-state index >= 15 is 0 Å². The highest BCUT2D eigenvalue weighted by atomic mass is 33.1. The molecule has 13 heavy (non-hydrogen) atoms. The number of aromatic nitrogens is 1. The Balaban J connectivity index is 2.34. The Bertz CT molecular complexity index is 425. The summed E-state index contributed by atoms with van der Waals surface area (Å²) in [5.74, 6) is 0. The van der Waals surface area contributed by atoms with Gasteiger partial charge in [0.2, 0.25) is 0 Å². The summed E-state index contributed by atoms with van der Waals surface area (Å²) in [6, 6.07) is 7.97. The van der Waals surface area contributed by atoms with Crippen molar-refractivity contribution in [1.29, 1.82) is 5.26 Å². The molecule has 0 aliphatic rings. The molecule has 2 rings (SSSR count). The summed E-state index contributed by atoms with van der Waals surface area (Å²) in [6.07, 6.45) is 0. The van der Waals surface area contributed by atoms with Crippen molar-refractivity contribution in [2.24, 2.45) is 0 Å². The van der Waals surface area contributed by atoms with Crippen LogP contribution in [0.2, 0.25) is 0 Å². The highest BCUT2D eigenvalue weighted by molar-refractivity contribution is 8.78. The molecule has 0 atom stereocenters. The molecule has 0 N–H and O–H groups in total. The Kier molecular flexibility index (Phi) is 2.74. The number of nitrogens with zero attached hydrogens (tertiary/aromatic N) is 2. The average Bonchev–Trinajstić information content (AvgIpc) is 2.57. The first-order chi connectivity index (χ1) is 6.40. The van der Waals surface area contributed by atoms with E-state index in [1.165, 1.54) is 15.5 Å². The molecule has 2 nitrogen and oxygen atoms in total. The molecular formula is C8H4N2S3. The third-order valence-electron chi connectivity index (χ3n) is 1.42. The number of hydrogen-bond acceptors (Lipinski definition) is 5. The zero-order chi connectivity index (χ0) is 9.10. The number of rotatable bonds is 2. The van der Waals surface area contributed by atoms with Crippen LogP contribution < -0.4 is 0 Å². The maximum Gasteiger partial charge on any atom is 0.162 e. The second kappa shape index (κ2) is 4.01. The predicted molar refractivity (Wildman–Crippen MR) is 58.7 cm³/mol. The molecule has 0 saturated carbocycles. The summed E-state index contributed by atoms with van der Waals surface area (Å²) in [4.78, 5) is 4.36. The van der Waals surface area contributed by atoms with E-state index in [-0.39, 0.29) is 0 Å². The van der Waals surface area contributed by atoms with E-state index in [0.717, 1.165) is 20.7 Å². The van der Waals surface area contributed by atoms with E-state index in [4.69, 9.17) is 5.26 Å². The predicted octanol–water partition coefficient (Wildman–Crippen LogP) is 3.52. The standard InChI is InChI=1S/C8H4N2S3/c9-5-11-13-8-10-6-3-1-2-4-7(6)12-8/h1-4H. The van der Waals surface area contributed by atoms with Gasteiger partial charge < -0.3 is 0 Å². The van der Waals surface area contributed by atoms with Gasteiger partial charge >= 0.3 is 0 Å². The first-order valence-electron chi connectivity index (χ1n) is 3.48. The lowest BCUT2D eigenvalue weighted by atomic mass is 10.3. The van der Waals surface area contributed by atoms with Crippen molar-refractivity contribution in [2.75, 3.05) is 0 Å². The number of nitriles is 1. The minimum atomic E-state index is 0.938. The molecule has 64 valence electrons. The van der Waals surface area contributed by atoms with E-state index in [2.05, 4.69) is 4.98 Å². The molecule has 0 amide bonds. The monoisotopic (exact) mass is 224 g/mol. The normalized spacial score (nSPS) is 10.1. The average molecular weight is 224 g/mol. The maximum atomic E-state index is 8.37. The lowest BCUT2D eigenvalue weighted by Crippen LogP contribution is -1.64. The first-order valence-corrected chi connectivity index (χ1v) is 6.45. The maximum absolute atomic E-state index is 8.37. The van der Waals surface area contributed by atoms with Gasteiger partial charge in [-0.3, -0.25) is 0 Å². The second-order valence-electron chi connectivity index (χ2n) is 2.21. The molecule has 1 aromatic heterocycles. The van der Waals surface area contributed by atoms with E-state index in [1.807, 2.05) is 29.7 Å². The number of thiocyanates is 1. The number of para-hydroxylation sites is 1. The van der Waals surface area contributed by atoms with Crippen LogP contribution in [0.3, 0.4) is 0 Å². The first kappa shape index (κ1) is 8.88. The van der Waals surface area contributed by atoms with E-state index in [9.17, 15) is 0 Å². The van der Waals surface area contributed by atoms with Crippen molar-refractivity contribution in [3.8, 4) is 5.40 Å². The highest BCUT2D eigenvalue weighted by Crippen LogP contribution is 2.35. The van der Waals surface area contributed by atoms with Gasteiger partial charge in [-0.25, -0.2) is 4.98 Å². The summed E-state index contributed by atoms with van der Waals surface area (Å²) in [5, 5.41) is 10.4. The zero-order valence-corrected chi connectivity index (χ0v) is 8.88. The van der Waals surface area contributed by atoms with Gasteiger partial charge in [-0.2, -0.15) is 5.26 Å². The van der Waals surface area contributed by atoms with Crippen LogP contribution in [0.15, 0.2) is 28.6 Å². The largest absolute Gasteiger partial charge is 0.229 e. The second-order valence-corrected chi connectivity index (χ2v) is 5.40. The quantitative estimate of drug-likeness (QED) is 0.577. The van der Waals surface area contributed by atoms with Crippen LogP contribution in [0.5, 0.6) is 0 Å². The van der Waals surface area contributed by atoms with Crippen LogP contribution in [0.1, 0.15) is 0 Å². The van der Waals surface area contributed by atoms with Crippen LogP contribution in [0, 0.1) is 10.7 Å². The Hall–Kier alpha value is -0.700. The van der Waals surface area contributed by atoms with E-state index < -0.39 is 0 Å². The van der Waals surface area contributed by atoms with Crippen LogP contribution in [0.4, 0.5) is 0 Å². The Morgan fingerprint density at radius 1 is 1.38 bits per heavy atom. The van der Waals surface area contributed by atoms with Gasteiger partial charge in [0.1, 0.15) is 5.40 Å². The molecule has 0 radical (unpaired) electrons. The minimum Gasteiger partial charge on any atom is -0.229 e. The Labute approximate surface area is 87.4 Å². The molecule has 0 saturated heterocycles. The number of fused-ring (bicyclic) bond motifs is 1. The van der Waals surface area contributed by atoms with Gasteiger partial charge in [0.15, 0.2) is 4.34 Å². The molecule has 1 heterocycles. The van der Waals surface area contributed by atoms with Crippen LogP contribution >= 0.6 is 32.9 Å². The molecule has 0 aliphatic carbocycles. The fourth-order valence-corrected chi connectivity index (χ4v) is 3.34. The Morgan fingerprint density at radius 2 is 2.23 bits per heavy atom. The third-order valence-corrected chi connectivity index (χ3v) is 4.41. The SMILES string of the molecule is N#CSSc1nc2ccccc2s1. The van der Waals surface area contributed by atoms with Crippen molar-refractivity contribution < 1.29 is 0 Å². The molecule has 0 bridgehead atoms. The molecule has 5 heteroatoms. The van der Waals surface area contributed by atoms with Crippen LogP contribution in [-0.2, 0) is 0 Å². The summed E-state index contributed by atoms with van der Waals surface area (Å²) in [7, 11) is 2.56. The van der Waals surface area contributed by atoms with Crippen molar-refractivity contribution >= 4 is 43.1 Å². The molecule has 0 aliphatic heterocycles. The van der Waals surface area contributed by atoms with Gasteiger partial charge in [-0.15, -0.1) is 11.3 Å². The molecule has 1 aromatic carbocycles.